The predicted molar refractivity (Wildman–Crippen MR) is 60.1 cm³/mol. The Morgan fingerprint density at radius 1 is 1.44 bits per heavy atom. The first kappa shape index (κ1) is 10.6. The van der Waals surface area contributed by atoms with Gasteiger partial charge in [0, 0.05) is 10.6 Å². The van der Waals surface area contributed by atoms with Crippen molar-refractivity contribution in [3.63, 3.8) is 0 Å². The minimum atomic E-state index is -0.625. The third-order valence-corrected chi connectivity index (χ3v) is 2.63. The van der Waals surface area contributed by atoms with E-state index in [-0.39, 0.29) is 5.69 Å². The molecule has 0 aliphatic rings. The normalized spacial score (nSPS) is 10.4. The fourth-order valence-corrected chi connectivity index (χ4v) is 1.52. The summed E-state index contributed by atoms with van der Waals surface area (Å²) >= 11 is 5.99. The van der Waals surface area contributed by atoms with Crippen molar-refractivity contribution in [1.29, 1.82) is 0 Å². The minimum Gasteiger partial charge on any atom is -0.364 e. The van der Waals surface area contributed by atoms with Crippen LogP contribution in [0.1, 0.15) is 16.1 Å². The van der Waals surface area contributed by atoms with Gasteiger partial charge in [-0.25, -0.2) is 0 Å². The van der Waals surface area contributed by atoms with Gasteiger partial charge in [0.15, 0.2) is 5.69 Å². The summed E-state index contributed by atoms with van der Waals surface area (Å²) in [5.74, 6) is -0.625. The van der Waals surface area contributed by atoms with Gasteiger partial charge in [0.25, 0.3) is 5.91 Å². The maximum Gasteiger partial charge on any atom is 0.271 e. The molecular formula is C10H9ClN4O. The van der Waals surface area contributed by atoms with E-state index in [1.807, 2.05) is 19.1 Å². The van der Waals surface area contributed by atoms with Crippen molar-refractivity contribution in [2.75, 3.05) is 0 Å². The maximum absolute atomic E-state index is 11.1. The molecule has 82 valence electrons. The molecule has 5 nitrogen and oxygen atoms in total. The van der Waals surface area contributed by atoms with E-state index >= 15 is 0 Å². The molecule has 0 aliphatic heterocycles. The molecule has 1 heterocycles. The van der Waals surface area contributed by atoms with Crippen molar-refractivity contribution in [3.8, 4) is 11.3 Å². The molecule has 1 aromatic heterocycles. The summed E-state index contributed by atoms with van der Waals surface area (Å²) in [6.45, 7) is 1.89. The lowest BCUT2D eigenvalue weighted by Gasteiger charge is -2.01. The van der Waals surface area contributed by atoms with Gasteiger partial charge in [0.2, 0.25) is 0 Å². The molecule has 1 aromatic carbocycles. The zero-order valence-electron chi connectivity index (χ0n) is 8.49. The highest BCUT2D eigenvalue weighted by molar-refractivity contribution is 6.31. The molecule has 2 rings (SSSR count). The molecule has 0 atom stereocenters. The van der Waals surface area contributed by atoms with Gasteiger partial charge in [-0.15, -0.1) is 0 Å². The molecule has 0 fully saturated rings. The van der Waals surface area contributed by atoms with Gasteiger partial charge in [0.1, 0.15) is 5.69 Å². The molecule has 1 amide bonds. The van der Waals surface area contributed by atoms with Crippen LogP contribution >= 0.6 is 11.6 Å². The standard InChI is InChI=1S/C10H9ClN4O/c1-5-2-3-6(4-7(5)11)8-9(10(12)16)14-15-13-8/h2-4H,1H3,(H2,12,16)(H,13,14,15). The molecule has 0 saturated carbocycles. The number of nitrogens with one attached hydrogen (secondary N) is 1. The average Bonchev–Trinajstić information content (AvgIpc) is 2.71. The number of hydrogen-bond donors (Lipinski definition) is 2. The van der Waals surface area contributed by atoms with Gasteiger partial charge < -0.3 is 5.73 Å². The van der Waals surface area contributed by atoms with E-state index in [2.05, 4.69) is 15.4 Å². The second-order valence-corrected chi connectivity index (χ2v) is 3.76. The Morgan fingerprint density at radius 3 is 2.81 bits per heavy atom. The van der Waals surface area contributed by atoms with E-state index in [0.29, 0.717) is 16.3 Å². The molecule has 2 aromatic rings. The molecule has 0 unspecified atom stereocenters. The third-order valence-electron chi connectivity index (χ3n) is 2.23. The van der Waals surface area contributed by atoms with Gasteiger partial charge in [0.05, 0.1) is 0 Å². The van der Waals surface area contributed by atoms with E-state index in [9.17, 15) is 4.79 Å². The van der Waals surface area contributed by atoms with Gasteiger partial charge in [-0.3, -0.25) is 4.79 Å². The van der Waals surface area contributed by atoms with Crippen molar-refractivity contribution < 1.29 is 4.79 Å². The van der Waals surface area contributed by atoms with Crippen LogP contribution in [0.25, 0.3) is 11.3 Å². The van der Waals surface area contributed by atoms with Gasteiger partial charge in [-0.05, 0) is 18.6 Å². The minimum absolute atomic E-state index is 0.111. The number of aromatic amines is 1. The Labute approximate surface area is 96.6 Å². The summed E-state index contributed by atoms with van der Waals surface area (Å²) in [5, 5.41) is 10.5. The lowest BCUT2D eigenvalue weighted by atomic mass is 10.1. The van der Waals surface area contributed by atoms with Gasteiger partial charge >= 0.3 is 0 Å². The molecule has 0 radical (unpaired) electrons. The van der Waals surface area contributed by atoms with E-state index < -0.39 is 5.91 Å². The largest absolute Gasteiger partial charge is 0.364 e. The number of benzene rings is 1. The number of amides is 1. The number of nitrogens with two attached hydrogens (primary N) is 1. The first-order chi connectivity index (χ1) is 7.59. The maximum atomic E-state index is 11.1. The topological polar surface area (TPSA) is 84.7 Å². The second kappa shape index (κ2) is 3.94. The number of carbonyl (C=O) groups is 1. The lowest BCUT2D eigenvalue weighted by Crippen LogP contribution is -2.12. The van der Waals surface area contributed by atoms with Crippen LogP contribution in [0.2, 0.25) is 5.02 Å². The third kappa shape index (κ3) is 1.77. The first-order valence-electron chi connectivity index (χ1n) is 4.56. The van der Waals surface area contributed by atoms with Crippen LogP contribution in [-0.2, 0) is 0 Å². The molecule has 3 N–H and O–H groups in total. The molecule has 0 spiro atoms. The lowest BCUT2D eigenvalue weighted by molar-refractivity contribution is 0.0996. The highest BCUT2D eigenvalue weighted by Gasteiger charge is 2.15. The van der Waals surface area contributed by atoms with Gasteiger partial charge in [-0.2, -0.15) is 15.4 Å². The fourth-order valence-electron chi connectivity index (χ4n) is 1.34. The summed E-state index contributed by atoms with van der Waals surface area (Å²) < 4.78 is 0. The number of aromatic nitrogens is 3. The van der Waals surface area contributed by atoms with Crippen molar-refractivity contribution in [1.82, 2.24) is 15.4 Å². The highest BCUT2D eigenvalue weighted by atomic mass is 35.5. The Kier molecular flexibility index (Phi) is 2.62. The van der Waals surface area contributed by atoms with Crippen LogP contribution in [0.15, 0.2) is 18.2 Å². The molecule has 16 heavy (non-hydrogen) atoms. The fraction of sp³-hybridized carbons (Fsp3) is 0.100. The van der Waals surface area contributed by atoms with Crippen LogP contribution in [0.3, 0.4) is 0 Å². The summed E-state index contributed by atoms with van der Waals surface area (Å²) in [6.07, 6.45) is 0. The molecule has 0 saturated heterocycles. The molecule has 0 aliphatic carbocycles. The van der Waals surface area contributed by atoms with E-state index in [1.54, 1.807) is 6.07 Å². The number of primary amides is 1. The summed E-state index contributed by atoms with van der Waals surface area (Å²) in [6, 6.07) is 5.38. The zero-order chi connectivity index (χ0) is 11.7. The van der Waals surface area contributed by atoms with E-state index in [4.69, 9.17) is 17.3 Å². The highest BCUT2D eigenvalue weighted by Crippen LogP contribution is 2.25. The first-order valence-corrected chi connectivity index (χ1v) is 4.94. The quantitative estimate of drug-likeness (QED) is 0.829. The number of carbonyl (C=O) groups excluding carboxylic acids is 1. The Balaban J connectivity index is 2.54. The number of rotatable bonds is 2. The van der Waals surface area contributed by atoms with E-state index in [1.165, 1.54) is 0 Å². The number of halogens is 1. The van der Waals surface area contributed by atoms with Crippen molar-refractivity contribution in [2.45, 2.75) is 6.92 Å². The van der Waals surface area contributed by atoms with Crippen LogP contribution in [0, 0.1) is 6.92 Å². The van der Waals surface area contributed by atoms with Gasteiger partial charge in [-0.1, -0.05) is 23.7 Å². The summed E-state index contributed by atoms with van der Waals surface area (Å²) in [4.78, 5) is 11.1. The summed E-state index contributed by atoms with van der Waals surface area (Å²) in [7, 11) is 0. The Morgan fingerprint density at radius 2 is 2.19 bits per heavy atom. The Bertz CT molecular complexity index is 550. The van der Waals surface area contributed by atoms with Crippen LogP contribution in [0.4, 0.5) is 0 Å². The number of aryl methyl sites for hydroxylation is 1. The molecule has 0 bridgehead atoms. The van der Waals surface area contributed by atoms with Crippen LogP contribution in [-0.4, -0.2) is 21.3 Å². The SMILES string of the molecule is Cc1ccc(-c2n[nH]nc2C(N)=O)cc1Cl. The van der Waals surface area contributed by atoms with E-state index in [0.717, 1.165) is 5.56 Å². The predicted octanol–water partition coefficient (Wildman–Crippen LogP) is 1.53. The molecular weight excluding hydrogens is 228 g/mol. The van der Waals surface area contributed by atoms with Crippen molar-refractivity contribution in [3.05, 3.63) is 34.5 Å². The average molecular weight is 237 g/mol. The van der Waals surface area contributed by atoms with Crippen molar-refractivity contribution >= 4 is 17.5 Å². The smallest absolute Gasteiger partial charge is 0.271 e. The number of H-pyrrole nitrogens is 1. The van der Waals surface area contributed by atoms with Crippen LogP contribution < -0.4 is 5.73 Å². The zero-order valence-corrected chi connectivity index (χ0v) is 9.25. The number of nitrogens with zero attached hydrogens (tertiary/aromatic N) is 2. The Hall–Kier alpha value is -1.88. The number of hydrogen-bond acceptors (Lipinski definition) is 3. The second-order valence-electron chi connectivity index (χ2n) is 3.35. The monoisotopic (exact) mass is 236 g/mol. The van der Waals surface area contributed by atoms with Crippen LogP contribution in [0.5, 0.6) is 0 Å². The summed E-state index contributed by atoms with van der Waals surface area (Å²) in [5.41, 5.74) is 7.35. The van der Waals surface area contributed by atoms with Crippen molar-refractivity contribution in [2.24, 2.45) is 5.73 Å². The molecule has 6 heteroatoms.